The van der Waals surface area contributed by atoms with Gasteiger partial charge < -0.3 is 20.1 Å². The van der Waals surface area contributed by atoms with Gasteiger partial charge in [0.2, 0.25) is 0 Å². The Labute approximate surface area is 140 Å². The van der Waals surface area contributed by atoms with Gasteiger partial charge in [-0.15, -0.1) is 0 Å². The molecule has 0 radical (unpaired) electrons. The van der Waals surface area contributed by atoms with E-state index in [0.717, 1.165) is 5.56 Å². The summed E-state index contributed by atoms with van der Waals surface area (Å²) >= 11 is 0. The van der Waals surface area contributed by atoms with Crippen LogP contribution in [0.25, 0.3) is 0 Å². The molecule has 0 aromatic heterocycles. The van der Waals surface area contributed by atoms with Gasteiger partial charge in [0.15, 0.2) is 0 Å². The number of benzene rings is 2. The van der Waals surface area contributed by atoms with Crippen molar-refractivity contribution in [2.24, 2.45) is 0 Å². The molecular weight excluding hydrogens is 308 g/mol. The van der Waals surface area contributed by atoms with Crippen molar-refractivity contribution in [3.05, 3.63) is 54.1 Å². The van der Waals surface area contributed by atoms with E-state index in [9.17, 15) is 9.59 Å². The summed E-state index contributed by atoms with van der Waals surface area (Å²) < 4.78 is 10.3. The van der Waals surface area contributed by atoms with Crippen LogP contribution in [0, 0.1) is 0 Å². The number of nitrogens with one attached hydrogen (secondary N) is 2. The molecule has 0 heterocycles. The molecule has 0 aliphatic rings. The van der Waals surface area contributed by atoms with E-state index < -0.39 is 11.8 Å². The Balaban J connectivity index is 2.05. The quantitative estimate of drug-likeness (QED) is 0.827. The van der Waals surface area contributed by atoms with Crippen molar-refractivity contribution in [3.8, 4) is 11.5 Å². The molecular formula is C18H20N2O4. The molecule has 2 aromatic rings. The average molecular weight is 328 g/mol. The van der Waals surface area contributed by atoms with Gasteiger partial charge in [-0.05, 0) is 24.6 Å². The van der Waals surface area contributed by atoms with Crippen LogP contribution in [0.1, 0.15) is 18.5 Å². The Bertz CT molecular complexity index is 716. The summed E-state index contributed by atoms with van der Waals surface area (Å²) in [6.07, 6.45) is 0. The monoisotopic (exact) mass is 328 g/mol. The van der Waals surface area contributed by atoms with E-state index in [1.165, 1.54) is 14.2 Å². The van der Waals surface area contributed by atoms with Crippen molar-refractivity contribution in [3.63, 3.8) is 0 Å². The number of carbonyl (C=O) groups is 2. The highest BCUT2D eigenvalue weighted by Crippen LogP contribution is 2.28. The first-order valence-electron chi connectivity index (χ1n) is 7.44. The van der Waals surface area contributed by atoms with Crippen LogP contribution in [0.3, 0.4) is 0 Å². The third kappa shape index (κ3) is 4.25. The van der Waals surface area contributed by atoms with Gasteiger partial charge in [0.25, 0.3) is 0 Å². The number of ether oxygens (including phenoxy) is 2. The lowest BCUT2D eigenvalue weighted by atomic mass is 10.1. The van der Waals surface area contributed by atoms with E-state index in [2.05, 4.69) is 10.6 Å². The molecule has 2 N–H and O–H groups in total. The van der Waals surface area contributed by atoms with Crippen molar-refractivity contribution in [1.82, 2.24) is 5.32 Å². The lowest BCUT2D eigenvalue weighted by Gasteiger charge is -2.15. The van der Waals surface area contributed by atoms with E-state index >= 15 is 0 Å². The standard InChI is InChI=1S/C18H20N2O4/c1-12(13-7-5-4-6-8-13)19-17(21)18(22)20-15-11-14(23-2)9-10-16(15)24-3/h4-12H,1-3H3,(H,19,21)(H,20,22). The van der Waals surface area contributed by atoms with Gasteiger partial charge in [-0.1, -0.05) is 30.3 Å². The molecule has 6 heteroatoms. The van der Waals surface area contributed by atoms with Crippen LogP contribution in [-0.4, -0.2) is 26.0 Å². The molecule has 0 bridgehead atoms. The smallest absolute Gasteiger partial charge is 0.313 e. The third-order valence-corrected chi connectivity index (χ3v) is 3.51. The largest absolute Gasteiger partial charge is 0.497 e. The molecule has 6 nitrogen and oxygen atoms in total. The van der Waals surface area contributed by atoms with E-state index in [-0.39, 0.29) is 6.04 Å². The predicted molar refractivity (Wildman–Crippen MR) is 91.2 cm³/mol. The van der Waals surface area contributed by atoms with Crippen molar-refractivity contribution >= 4 is 17.5 Å². The van der Waals surface area contributed by atoms with Crippen LogP contribution in [0.4, 0.5) is 5.69 Å². The van der Waals surface area contributed by atoms with Gasteiger partial charge in [-0.3, -0.25) is 9.59 Å². The number of hydrogen-bond donors (Lipinski definition) is 2. The number of anilines is 1. The Morgan fingerprint density at radius 2 is 1.67 bits per heavy atom. The normalized spacial score (nSPS) is 11.3. The van der Waals surface area contributed by atoms with Gasteiger partial charge in [0.1, 0.15) is 11.5 Å². The fraction of sp³-hybridized carbons (Fsp3) is 0.222. The fourth-order valence-corrected chi connectivity index (χ4v) is 2.18. The van der Waals surface area contributed by atoms with Crippen molar-refractivity contribution in [1.29, 1.82) is 0 Å². The highest BCUT2D eigenvalue weighted by molar-refractivity contribution is 6.39. The summed E-state index contributed by atoms with van der Waals surface area (Å²) in [6, 6.07) is 14.1. The molecule has 0 aliphatic carbocycles. The van der Waals surface area contributed by atoms with Crippen LogP contribution in [0.5, 0.6) is 11.5 Å². The minimum absolute atomic E-state index is 0.281. The first kappa shape index (κ1) is 17.3. The Hall–Kier alpha value is -3.02. The molecule has 0 aliphatic heterocycles. The van der Waals surface area contributed by atoms with Gasteiger partial charge in [-0.2, -0.15) is 0 Å². The van der Waals surface area contributed by atoms with Crippen LogP contribution in [0.15, 0.2) is 48.5 Å². The van der Waals surface area contributed by atoms with E-state index in [0.29, 0.717) is 17.2 Å². The fourth-order valence-electron chi connectivity index (χ4n) is 2.18. The van der Waals surface area contributed by atoms with Crippen LogP contribution in [-0.2, 0) is 9.59 Å². The number of amides is 2. The zero-order valence-corrected chi connectivity index (χ0v) is 13.8. The maximum Gasteiger partial charge on any atom is 0.313 e. The highest BCUT2D eigenvalue weighted by Gasteiger charge is 2.19. The summed E-state index contributed by atoms with van der Waals surface area (Å²) in [5.41, 5.74) is 1.28. The topological polar surface area (TPSA) is 76.7 Å². The Kier molecular flexibility index (Phi) is 5.78. The Morgan fingerprint density at radius 3 is 2.29 bits per heavy atom. The molecule has 2 amide bonds. The molecule has 1 atom stereocenters. The molecule has 0 saturated heterocycles. The Morgan fingerprint density at radius 1 is 0.958 bits per heavy atom. The number of rotatable bonds is 5. The van der Waals surface area contributed by atoms with Crippen LogP contribution in [0.2, 0.25) is 0 Å². The van der Waals surface area contributed by atoms with E-state index in [1.54, 1.807) is 18.2 Å². The second-order valence-corrected chi connectivity index (χ2v) is 5.13. The molecule has 0 fully saturated rings. The first-order valence-corrected chi connectivity index (χ1v) is 7.44. The first-order chi connectivity index (χ1) is 11.5. The van der Waals surface area contributed by atoms with Crippen LogP contribution >= 0.6 is 0 Å². The van der Waals surface area contributed by atoms with Crippen molar-refractivity contribution < 1.29 is 19.1 Å². The molecule has 0 saturated carbocycles. The summed E-state index contributed by atoms with van der Waals surface area (Å²) in [5.74, 6) is -0.516. The third-order valence-electron chi connectivity index (χ3n) is 3.51. The van der Waals surface area contributed by atoms with Gasteiger partial charge >= 0.3 is 11.8 Å². The predicted octanol–water partition coefficient (Wildman–Crippen LogP) is 2.52. The second-order valence-electron chi connectivity index (χ2n) is 5.13. The zero-order chi connectivity index (χ0) is 17.5. The molecule has 2 aromatic carbocycles. The van der Waals surface area contributed by atoms with Crippen molar-refractivity contribution in [2.75, 3.05) is 19.5 Å². The summed E-state index contributed by atoms with van der Waals surface area (Å²) in [5, 5.41) is 5.20. The maximum atomic E-state index is 12.1. The average Bonchev–Trinajstić information content (AvgIpc) is 2.62. The minimum atomic E-state index is -0.774. The molecule has 1 unspecified atom stereocenters. The van der Waals surface area contributed by atoms with Gasteiger partial charge in [0, 0.05) is 6.07 Å². The second kappa shape index (κ2) is 8.01. The molecule has 0 spiro atoms. The number of methoxy groups -OCH3 is 2. The maximum absolute atomic E-state index is 12.1. The highest BCUT2D eigenvalue weighted by atomic mass is 16.5. The molecule has 24 heavy (non-hydrogen) atoms. The van der Waals surface area contributed by atoms with E-state index in [1.807, 2.05) is 37.3 Å². The summed E-state index contributed by atoms with van der Waals surface area (Å²) in [7, 11) is 3.00. The minimum Gasteiger partial charge on any atom is -0.497 e. The molecule has 126 valence electrons. The SMILES string of the molecule is COc1ccc(OC)c(NC(=O)C(=O)NC(C)c2ccccc2)c1. The molecule has 2 rings (SSSR count). The zero-order valence-electron chi connectivity index (χ0n) is 13.8. The summed E-state index contributed by atoms with van der Waals surface area (Å²) in [6.45, 7) is 1.81. The summed E-state index contributed by atoms with van der Waals surface area (Å²) in [4.78, 5) is 24.2. The van der Waals surface area contributed by atoms with Gasteiger partial charge in [0.05, 0.1) is 25.9 Å². The number of hydrogen-bond acceptors (Lipinski definition) is 4. The lowest BCUT2D eigenvalue weighted by Crippen LogP contribution is -2.37. The van der Waals surface area contributed by atoms with Crippen LogP contribution < -0.4 is 20.1 Å². The van der Waals surface area contributed by atoms with Crippen molar-refractivity contribution in [2.45, 2.75) is 13.0 Å². The number of carbonyl (C=O) groups excluding carboxylic acids is 2. The van der Waals surface area contributed by atoms with Gasteiger partial charge in [-0.25, -0.2) is 0 Å². The lowest BCUT2D eigenvalue weighted by molar-refractivity contribution is -0.136. The van der Waals surface area contributed by atoms with E-state index in [4.69, 9.17) is 9.47 Å².